The second-order valence-electron chi connectivity index (χ2n) is 8.67. The quantitative estimate of drug-likeness (QED) is 0.212. The fraction of sp³-hybridized carbons (Fsp3) is 0.179. The van der Waals surface area contributed by atoms with Gasteiger partial charge in [0.05, 0.1) is 28.1 Å². The van der Waals surface area contributed by atoms with Gasteiger partial charge in [0.15, 0.2) is 0 Å². The Balaban J connectivity index is 1.63. The Morgan fingerprint density at radius 1 is 0.974 bits per heavy atom. The molecule has 6 nitrogen and oxygen atoms in total. The molecule has 196 valence electrons. The number of carbonyl (C=O) groups excluding carboxylic acids is 2. The molecule has 0 bridgehead atoms. The molecule has 10 heteroatoms. The molecule has 1 unspecified atom stereocenters. The van der Waals surface area contributed by atoms with Crippen LogP contribution in [0.25, 0.3) is 10.1 Å². The number of nitrogens with one attached hydrogen (secondary N) is 1. The van der Waals surface area contributed by atoms with E-state index >= 15 is 0 Å². The molecule has 0 saturated heterocycles. The zero-order valence-corrected chi connectivity index (χ0v) is 23.3. The summed E-state index contributed by atoms with van der Waals surface area (Å²) >= 11 is 20.1. The Bertz CT molecular complexity index is 1500. The lowest BCUT2D eigenvalue weighted by atomic mass is 10.0. The molecule has 0 saturated carbocycles. The van der Waals surface area contributed by atoms with E-state index in [0.29, 0.717) is 26.2 Å². The summed E-state index contributed by atoms with van der Waals surface area (Å²) in [5.41, 5.74) is 2.58. The first kappa shape index (κ1) is 27.9. The van der Waals surface area contributed by atoms with Gasteiger partial charge < -0.3 is 15.3 Å². The van der Waals surface area contributed by atoms with Crippen LogP contribution in [0.2, 0.25) is 15.1 Å². The van der Waals surface area contributed by atoms with Crippen LogP contribution in [0.15, 0.2) is 66.0 Å². The summed E-state index contributed by atoms with van der Waals surface area (Å²) in [7, 11) is 0. The van der Waals surface area contributed by atoms with Gasteiger partial charge >= 0.3 is 5.97 Å². The number of benzene rings is 3. The highest BCUT2D eigenvalue weighted by molar-refractivity contribution is 7.17. The molecule has 1 heterocycles. The number of hydrogen-bond acceptors (Lipinski definition) is 4. The van der Waals surface area contributed by atoms with E-state index in [1.54, 1.807) is 53.4 Å². The van der Waals surface area contributed by atoms with E-state index in [1.807, 2.05) is 24.4 Å². The van der Waals surface area contributed by atoms with E-state index in [0.717, 1.165) is 21.2 Å². The minimum absolute atomic E-state index is 0.0397. The molecule has 0 spiro atoms. The molecule has 0 aliphatic rings. The van der Waals surface area contributed by atoms with Gasteiger partial charge in [-0.3, -0.25) is 14.4 Å². The lowest BCUT2D eigenvalue weighted by Crippen LogP contribution is -2.33. The van der Waals surface area contributed by atoms with Crippen LogP contribution in [0.5, 0.6) is 0 Å². The summed E-state index contributed by atoms with van der Waals surface area (Å²) < 4.78 is 0.957. The Labute approximate surface area is 238 Å². The highest BCUT2D eigenvalue weighted by Gasteiger charge is 2.26. The number of carboxylic acid groups (broad SMARTS) is 1. The summed E-state index contributed by atoms with van der Waals surface area (Å²) in [6.45, 7) is 2.22. The van der Waals surface area contributed by atoms with E-state index < -0.39 is 5.97 Å². The lowest BCUT2D eigenvalue weighted by molar-refractivity contribution is -0.136. The third-order valence-corrected chi connectivity index (χ3v) is 8.05. The summed E-state index contributed by atoms with van der Waals surface area (Å²) in [5, 5.41) is 15.3. The summed E-state index contributed by atoms with van der Waals surface area (Å²) in [6, 6.07) is 17.3. The first-order valence-corrected chi connectivity index (χ1v) is 13.7. The zero-order chi connectivity index (χ0) is 27.4. The van der Waals surface area contributed by atoms with Crippen LogP contribution < -0.4 is 5.32 Å². The van der Waals surface area contributed by atoms with Crippen LogP contribution in [0.1, 0.15) is 51.2 Å². The minimum Gasteiger partial charge on any atom is -0.481 e. The molecule has 0 aliphatic carbocycles. The molecule has 0 radical (unpaired) electrons. The third kappa shape index (κ3) is 6.48. The van der Waals surface area contributed by atoms with Crippen molar-refractivity contribution in [2.75, 3.05) is 6.54 Å². The van der Waals surface area contributed by atoms with Crippen molar-refractivity contribution in [2.24, 2.45) is 0 Å². The Morgan fingerprint density at radius 3 is 2.39 bits per heavy atom. The van der Waals surface area contributed by atoms with Gasteiger partial charge in [-0.25, -0.2) is 0 Å². The number of halogens is 3. The van der Waals surface area contributed by atoms with Crippen LogP contribution in [0.4, 0.5) is 0 Å². The second kappa shape index (κ2) is 12.2. The van der Waals surface area contributed by atoms with Gasteiger partial charge in [-0.15, -0.1) is 11.3 Å². The van der Waals surface area contributed by atoms with E-state index in [4.69, 9.17) is 39.9 Å². The molecule has 3 aromatic carbocycles. The van der Waals surface area contributed by atoms with Gasteiger partial charge in [0, 0.05) is 39.1 Å². The van der Waals surface area contributed by atoms with Gasteiger partial charge in [-0.05, 0) is 60.5 Å². The normalized spacial score (nSPS) is 11.8. The molecule has 1 atom stereocenters. The van der Waals surface area contributed by atoms with Gasteiger partial charge in [0.2, 0.25) is 0 Å². The number of carbonyl (C=O) groups is 3. The summed E-state index contributed by atoms with van der Waals surface area (Å²) in [4.78, 5) is 38.7. The highest BCUT2D eigenvalue weighted by atomic mass is 35.5. The van der Waals surface area contributed by atoms with Crippen molar-refractivity contribution < 1.29 is 19.5 Å². The smallest absolute Gasteiger partial charge is 0.305 e. The number of rotatable bonds is 9. The van der Waals surface area contributed by atoms with Crippen molar-refractivity contribution >= 4 is 74.0 Å². The third-order valence-electron chi connectivity index (χ3n) is 6.11. The zero-order valence-electron chi connectivity index (χ0n) is 20.2. The minimum atomic E-state index is -0.984. The molecular formula is C28H23Cl3N2O4S. The topological polar surface area (TPSA) is 86.7 Å². The Hall–Kier alpha value is -3.10. The Kier molecular flexibility index (Phi) is 8.95. The van der Waals surface area contributed by atoms with Crippen molar-refractivity contribution in [1.29, 1.82) is 0 Å². The molecule has 2 N–H and O–H groups in total. The second-order valence-corrected chi connectivity index (χ2v) is 10.8. The van der Waals surface area contributed by atoms with E-state index in [2.05, 4.69) is 5.32 Å². The number of carboxylic acids is 1. The SMILES string of the molecule is CC(c1ccc(Cl)c(Cl)c1)N(Cc1ccc(C(=O)NCCC(=O)O)cc1)C(=O)c1csc2ccc(Cl)cc12. The van der Waals surface area contributed by atoms with Gasteiger partial charge in [0.1, 0.15) is 0 Å². The predicted molar refractivity (Wildman–Crippen MR) is 153 cm³/mol. The van der Waals surface area contributed by atoms with E-state index in [-0.39, 0.29) is 37.4 Å². The molecule has 0 aliphatic heterocycles. The maximum Gasteiger partial charge on any atom is 0.305 e. The first-order chi connectivity index (χ1) is 18.1. The van der Waals surface area contributed by atoms with Crippen LogP contribution in [0, 0.1) is 0 Å². The average molecular weight is 590 g/mol. The largest absolute Gasteiger partial charge is 0.481 e. The summed E-state index contributed by atoms with van der Waals surface area (Å²) in [5.74, 6) is -1.52. The predicted octanol–water partition coefficient (Wildman–Crippen LogP) is 7.47. The van der Waals surface area contributed by atoms with Crippen LogP contribution in [-0.2, 0) is 11.3 Å². The van der Waals surface area contributed by atoms with E-state index in [1.165, 1.54) is 11.3 Å². The van der Waals surface area contributed by atoms with Crippen LogP contribution in [-0.4, -0.2) is 34.3 Å². The number of fused-ring (bicyclic) bond motifs is 1. The standard InChI is InChI=1S/C28H23Cl3N2O4S/c1-16(19-6-8-23(30)24(31)12-19)33(28(37)22-15-38-25-9-7-20(29)13-21(22)25)14-17-2-4-18(5-3-17)27(36)32-11-10-26(34)35/h2-9,12-13,15-16H,10-11,14H2,1H3,(H,32,36)(H,34,35). The monoisotopic (exact) mass is 588 g/mol. The average Bonchev–Trinajstić information content (AvgIpc) is 3.31. The molecular weight excluding hydrogens is 567 g/mol. The molecule has 1 aromatic heterocycles. The van der Waals surface area contributed by atoms with Crippen molar-refractivity contribution in [1.82, 2.24) is 10.2 Å². The fourth-order valence-electron chi connectivity index (χ4n) is 4.00. The van der Waals surface area contributed by atoms with Crippen LogP contribution >= 0.6 is 46.1 Å². The molecule has 0 fully saturated rings. The number of amides is 2. The van der Waals surface area contributed by atoms with E-state index in [9.17, 15) is 14.4 Å². The molecule has 38 heavy (non-hydrogen) atoms. The van der Waals surface area contributed by atoms with Gasteiger partial charge in [-0.1, -0.05) is 53.0 Å². The van der Waals surface area contributed by atoms with Gasteiger partial charge in [0.25, 0.3) is 11.8 Å². The van der Waals surface area contributed by atoms with Crippen molar-refractivity contribution in [2.45, 2.75) is 25.9 Å². The number of thiophene rings is 1. The fourth-order valence-corrected chi connectivity index (χ4v) is 5.40. The van der Waals surface area contributed by atoms with Crippen LogP contribution in [0.3, 0.4) is 0 Å². The van der Waals surface area contributed by atoms with Crippen molar-refractivity contribution in [3.8, 4) is 0 Å². The first-order valence-electron chi connectivity index (χ1n) is 11.7. The molecule has 2 amide bonds. The van der Waals surface area contributed by atoms with Crippen molar-refractivity contribution in [3.63, 3.8) is 0 Å². The molecule has 4 rings (SSSR count). The highest BCUT2D eigenvalue weighted by Crippen LogP contribution is 2.34. The van der Waals surface area contributed by atoms with Crippen molar-refractivity contribution in [3.05, 3.63) is 103 Å². The van der Waals surface area contributed by atoms with Gasteiger partial charge in [-0.2, -0.15) is 0 Å². The molecule has 4 aromatic rings. The number of nitrogens with zero attached hydrogens (tertiary/aromatic N) is 1. The lowest BCUT2D eigenvalue weighted by Gasteiger charge is -2.30. The maximum atomic E-state index is 14.0. The Morgan fingerprint density at radius 2 is 1.71 bits per heavy atom. The summed E-state index contributed by atoms with van der Waals surface area (Å²) in [6.07, 6.45) is -0.157. The maximum absolute atomic E-state index is 14.0. The number of hydrogen-bond donors (Lipinski definition) is 2. The number of aliphatic carboxylic acids is 1.